The Morgan fingerprint density at radius 3 is 2.62 bits per heavy atom. The maximum Gasteiger partial charge on any atom is 0.231 e. The van der Waals surface area contributed by atoms with Crippen LogP contribution in [0.1, 0.15) is 36.0 Å². The van der Waals surface area contributed by atoms with E-state index in [1.807, 2.05) is 48.5 Å². The van der Waals surface area contributed by atoms with E-state index < -0.39 is 0 Å². The van der Waals surface area contributed by atoms with Gasteiger partial charge in [0.25, 0.3) is 0 Å². The third-order valence-corrected chi connectivity index (χ3v) is 6.06. The summed E-state index contributed by atoms with van der Waals surface area (Å²) in [5.74, 6) is 1.40. The standard InChI is InChI=1S/C27H26N2O3/c1-2-29-17-23(21-10-6-7-11-24(21)29)22(20-12-13-25-26(14-20)32-18-31-25)15-27(30)28-16-19-8-4-3-5-9-19/h3-14,17,22H,2,15-16,18H2,1H3,(H,28,30). The molecule has 1 aliphatic heterocycles. The Balaban J connectivity index is 1.49. The van der Waals surface area contributed by atoms with Crippen LogP contribution in [0.5, 0.6) is 11.5 Å². The van der Waals surface area contributed by atoms with E-state index in [-0.39, 0.29) is 18.6 Å². The van der Waals surface area contributed by atoms with Gasteiger partial charge < -0.3 is 19.4 Å². The molecule has 0 spiro atoms. The van der Waals surface area contributed by atoms with Crippen molar-refractivity contribution in [1.29, 1.82) is 0 Å². The van der Waals surface area contributed by atoms with E-state index in [1.165, 1.54) is 10.9 Å². The lowest BCUT2D eigenvalue weighted by Gasteiger charge is -2.18. The molecule has 0 aliphatic carbocycles. The average Bonchev–Trinajstić information content (AvgIpc) is 3.46. The normalized spacial score (nSPS) is 13.3. The monoisotopic (exact) mass is 426 g/mol. The molecular weight excluding hydrogens is 400 g/mol. The van der Waals surface area contributed by atoms with Gasteiger partial charge in [0, 0.05) is 42.5 Å². The number of aryl methyl sites for hydroxylation is 1. The van der Waals surface area contributed by atoms with Crippen molar-refractivity contribution in [3.8, 4) is 11.5 Å². The van der Waals surface area contributed by atoms with Crippen LogP contribution in [0.2, 0.25) is 0 Å². The summed E-state index contributed by atoms with van der Waals surface area (Å²) < 4.78 is 13.4. The van der Waals surface area contributed by atoms with Gasteiger partial charge in [0.2, 0.25) is 12.7 Å². The van der Waals surface area contributed by atoms with Crippen molar-refractivity contribution >= 4 is 16.8 Å². The molecule has 1 aliphatic rings. The molecular formula is C27H26N2O3. The fraction of sp³-hybridized carbons (Fsp3) is 0.222. The number of aromatic nitrogens is 1. The van der Waals surface area contributed by atoms with Gasteiger partial charge in [-0.2, -0.15) is 0 Å². The molecule has 162 valence electrons. The molecule has 5 heteroatoms. The molecule has 0 saturated carbocycles. The van der Waals surface area contributed by atoms with Crippen LogP contribution < -0.4 is 14.8 Å². The molecule has 2 heterocycles. The van der Waals surface area contributed by atoms with Crippen molar-refractivity contribution < 1.29 is 14.3 Å². The number of hydrogen-bond acceptors (Lipinski definition) is 3. The zero-order valence-corrected chi connectivity index (χ0v) is 18.1. The second-order valence-electron chi connectivity index (χ2n) is 8.02. The lowest BCUT2D eigenvalue weighted by molar-refractivity contribution is -0.121. The molecule has 32 heavy (non-hydrogen) atoms. The maximum absolute atomic E-state index is 13.0. The predicted molar refractivity (Wildman–Crippen MR) is 125 cm³/mol. The minimum Gasteiger partial charge on any atom is -0.454 e. The average molecular weight is 427 g/mol. The van der Waals surface area contributed by atoms with E-state index in [1.54, 1.807) is 0 Å². The molecule has 0 bridgehead atoms. The molecule has 5 nitrogen and oxygen atoms in total. The highest BCUT2D eigenvalue weighted by atomic mass is 16.7. The lowest BCUT2D eigenvalue weighted by atomic mass is 9.87. The first-order valence-electron chi connectivity index (χ1n) is 11.0. The van der Waals surface area contributed by atoms with Gasteiger partial charge >= 0.3 is 0 Å². The third kappa shape index (κ3) is 3.94. The Morgan fingerprint density at radius 1 is 1.00 bits per heavy atom. The van der Waals surface area contributed by atoms with Gasteiger partial charge in [-0.15, -0.1) is 0 Å². The van der Waals surface area contributed by atoms with E-state index in [0.717, 1.165) is 34.7 Å². The van der Waals surface area contributed by atoms with Crippen LogP contribution in [0, 0.1) is 0 Å². The summed E-state index contributed by atoms with van der Waals surface area (Å²) in [7, 11) is 0. The molecule has 1 atom stereocenters. The zero-order chi connectivity index (χ0) is 21.9. The summed E-state index contributed by atoms with van der Waals surface area (Å²) >= 11 is 0. The number of hydrogen-bond donors (Lipinski definition) is 1. The summed E-state index contributed by atoms with van der Waals surface area (Å²) in [6.45, 7) is 3.76. The topological polar surface area (TPSA) is 52.5 Å². The van der Waals surface area contributed by atoms with E-state index in [0.29, 0.717) is 13.0 Å². The van der Waals surface area contributed by atoms with E-state index in [4.69, 9.17) is 9.47 Å². The minimum absolute atomic E-state index is 0.0184. The summed E-state index contributed by atoms with van der Waals surface area (Å²) in [5, 5.41) is 4.26. The first-order valence-corrected chi connectivity index (χ1v) is 11.0. The number of para-hydroxylation sites is 1. The molecule has 1 amide bonds. The van der Waals surface area contributed by atoms with Crippen LogP contribution in [-0.2, 0) is 17.9 Å². The highest BCUT2D eigenvalue weighted by Gasteiger charge is 2.25. The fourth-order valence-electron chi connectivity index (χ4n) is 4.41. The smallest absolute Gasteiger partial charge is 0.231 e. The van der Waals surface area contributed by atoms with Crippen molar-refractivity contribution in [2.45, 2.75) is 32.4 Å². The second-order valence-corrected chi connectivity index (χ2v) is 8.02. The molecule has 4 aromatic rings. The maximum atomic E-state index is 13.0. The highest BCUT2D eigenvalue weighted by molar-refractivity contribution is 5.86. The van der Waals surface area contributed by atoms with E-state index >= 15 is 0 Å². The summed E-state index contributed by atoms with van der Waals surface area (Å²) in [5.41, 5.74) is 4.46. The summed E-state index contributed by atoms with van der Waals surface area (Å²) in [6.07, 6.45) is 2.54. The number of nitrogens with zero attached hydrogens (tertiary/aromatic N) is 1. The first-order chi connectivity index (χ1) is 15.7. The van der Waals surface area contributed by atoms with Crippen molar-refractivity contribution in [1.82, 2.24) is 9.88 Å². The van der Waals surface area contributed by atoms with Crippen LogP contribution in [0.4, 0.5) is 0 Å². The lowest BCUT2D eigenvalue weighted by Crippen LogP contribution is -2.25. The molecule has 1 unspecified atom stereocenters. The number of fused-ring (bicyclic) bond motifs is 2. The number of carbonyl (C=O) groups excluding carboxylic acids is 1. The molecule has 3 aromatic carbocycles. The van der Waals surface area contributed by atoms with Gasteiger partial charge in [-0.1, -0.05) is 54.6 Å². The van der Waals surface area contributed by atoms with Gasteiger partial charge in [0.05, 0.1) is 0 Å². The van der Waals surface area contributed by atoms with E-state index in [2.05, 4.69) is 47.3 Å². The molecule has 0 saturated heterocycles. The summed E-state index contributed by atoms with van der Waals surface area (Å²) in [6, 6.07) is 24.3. The Kier molecular flexibility index (Phi) is 5.55. The van der Waals surface area contributed by atoms with Crippen LogP contribution in [-0.4, -0.2) is 17.3 Å². The summed E-state index contributed by atoms with van der Waals surface area (Å²) in [4.78, 5) is 13.0. The number of amides is 1. The molecule has 1 aromatic heterocycles. The van der Waals surface area contributed by atoms with Crippen molar-refractivity contribution in [2.75, 3.05) is 6.79 Å². The number of ether oxygens (including phenoxy) is 2. The van der Waals surface area contributed by atoms with Crippen molar-refractivity contribution in [3.05, 3.63) is 95.7 Å². The Morgan fingerprint density at radius 2 is 1.78 bits per heavy atom. The van der Waals surface area contributed by atoms with Crippen molar-refractivity contribution in [3.63, 3.8) is 0 Å². The minimum atomic E-state index is -0.0991. The van der Waals surface area contributed by atoms with Crippen molar-refractivity contribution in [2.24, 2.45) is 0 Å². The van der Waals surface area contributed by atoms with Crippen LogP contribution >= 0.6 is 0 Å². The molecule has 0 fully saturated rings. The number of carbonyl (C=O) groups is 1. The number of rotatable bonds is 7. The quantitative estimate of drug-likeness (QED) is 0.440. The Hall–Kier alpha value is -3.73. The highest BCUT2D eigenvalue weighted by Crippen LogP contribution is 2.40. The Labute approximate surface area is 187 Å². The zero-order valence-electron chi connectivity index (χ0n) is 18.1. The van der Waals surface area contributed by atoms with Gasteiger partial charge in [-0.05, 0) is 41.8 Å². The van der Waals surface area contributed by atoms with Gasteiger partial charge in [0.1, 0.15) is 0 Å². The van der Waals surface area contributed by atoms with Crippen LogP contribution in [0.3, 0.4) is 0 Å². The van der Waals surface area contributed by atoms with Crippen LogP contribution in [0.15, 0.2) is 79.0 Å². The van der Waals surface area contributed by atoms with Gasteiger partial charge in [0.15, 0.2) is 11.5 Å². The molecule has 5 rings (SSSR count). The largest absolute Gasteiger partial charge is 0.454 e. The van der Waals surface area contributed by atoms with Gasteiger partial charge in [-0.25, -0.2) is 0 Å². The Bertz CT molecular complexity index is 1250. The third-order valence-electron chi connectivity index (χ3n) is 6.06. The molecule has 1 N–H and O–H groups in total. The number of benzene rings is 3. The van der Waals surface area contributed by atoms with Gasteiger partial charge in [-0.3, -0.25) is 4.79 Å². The predicted octanol–water partition coefficient (Wildman–Crippen LogP) is 5.23. The first kappa shape index (κ1) is 20.2. The number of nitrogens with one attached hydrogen (secondary N) is 1. The SMILES string of the molecule is CCn1cc(C(CC(=O)NCc2ccccc2)c2ccc3c(c2)OCO3)c2ccccc21. The van der Waals surface area contributed by atoms with Crippen LogP contribution in [0.25, 0.3) is 10.9 Å². The molecule has 0 radical (unpaired) electrons. The fourth-order valence-corrected chi connectivity index (χ4v) is 4.41. The van der Waals surface area contributed by atoms with E-state index in [9.17, 15) is 4.79 Å². The second kappa shape index (κ2) is 8.79.